The lowest BCUT2D eigenvalue weighted by Gasteiger charge is -2.38. The summed E-state index contributed by atoms with van der Waals surface area (Å²) in [5, 5.41) is 3.00. The van der Waals surface area contributed by atoms with E-state index in [1.165, 1.54) is 5.56 Å². The predicted octanol–water partition coefficient (Wildman–Crippen LogP) is 2.66. The number of carbonyl (C=O) groups excluding carboxylic acids is 1. The fourth-order valence-electron chi connectivity index (χ4n) is 3.68. The Morgan fingerprint density at radius 1 is 1.19 bits per heavy atom. The van der Waals surface area contributed by atoms with E-state index in [1.54, 1.807) is 12.3 Å². The van der Waals surface area contributed by atoms with Crippen LogP contribution in [-0.2, 0) is 16.0 Å². The van der Waals surface area contributed by atoms with Gasteiger partial charge < -0.3 is 19.7 Å². The molecule has 1 N–H and O–H groups in total. The van der Waals surface area contributed by atoms with Gasteiger partial charge >= 0.3 is 0 Å². The third-order valence-electron chi connectivity index (χ3n) is 5.37. The van der Waals surface area contributed by atoms with Crippen molar-refractivity contribution in [2.24, 2.45) is 0 Å². The Hall–Kier alpha value is -2.44. The summed E-state index contributed by atoms with van der Waals surface area (Å²) in [7, 11) is 0. The molecule has 1 amide bonds. The van der Waals surface area contributed by atoms with Gasteiger partial charge in [0.15, 0.2) is 5.79 Å². The zero-order valence-electron chi connectivity index (χ0n) is 15.6. The molecule has 6 heteroatoms. The fourth-order valence-corrected chi connectivity index (χ4v) is 3.68. The van der Waals surface area contributed by atoms with Crippen molar-refractivity contribution < 1.29 is 14.3 Å². The van der Waals surface area contributed by atoms with Crippen molar-refractivity contribution in [2.45, 2.75) is 32.1 Å². The standard InChI is InChI=1S/C21H25N3O3/c1-16-4-2-3-5-18(16)15-23-20(25)17-6-9-22-19(14-17)24-10-7-21(8-11-24)26-12-13-27-21/h2-6,9,14H,7-8,10-13,15H2,1H3,(H,23,25). The average Bonchev–Trinajstić information content (AvgIpc) is 3.16. The number of anilines is 1. The van der Waals surface area contributed by atoms with E-state index < -0.39 is 5.79 Å². The molecule has 142 valence electrons. The van der Waals surface area contributed by atoms with E-state index >= 15 is 0 Å². The lowest BCUT2D eigenvalue weighted by Crippen LogP contribution is -2.45. The minimum absolute atomic E-state index is 0.0853. The molecular formula is C21H25N3O3. The van der Waals surface area contributed by atoms with Crippen molar-refractivity contribution in [2.75, 3.05) is 31.2 Å². The molecule has 6 nitrogen and oxygen atoms in total. The van der Waals surface area contributed by atoms with Gasteiger partial charge in [-0.3, -0.25) is 4.79 Å². The highest BCUT2D eigenvalue weighted by Gasteiger charge is 2.40. The number of nitrogens with one attached hydrogen (secondary N) is 1. The van der Waals surface area contributed by atoms with E-state index in [0.29, 0.717) is 25.3 Å². The largest absolute Gasteiger partial charge is 0.356 e. The topological polar surface area (TPSA) is 63.7 Å². The molecule has 27 heavy (non-hydrogen) atoms. The first-order valence-corrected chi connectivity index (χ1v) is 9.47. The van der Waals surface area contributed by atoms with Gasteiger partial charge in [0.2, 0.25) is 0 Å². The van der Waals surface area contributed by atoms with Crippen LogP contribution in [0.25, 0.3) is 0 Å². The Morgan fingerprint density at radius 2 is 1.93 bits per heavy atom. The summed E-state index contributed by atoms with van der Waals surface area (Å²) >= 11 is 0. The lowest BCUT2D eigenvalue weighted by molar-refractivity contribution is -0.169. The van der Waals surface area contributed by atoms with Crippen LogP contribution in [-0.4, -0.2) is 43.0 Å². The Kier molecular flexibility index (Phi) is 5.09. The summed E-state index contributed by atoms with van der Waals surface area (Å²) in [5.74, 6) is 0.336. The smallest absolute Gasteiger partial charge is 0.251 e. The van der Waals surface area contributed by atoms with Crippen molar-refractivity contribution >= 4 is 11.7 Å². The molecule has 3 heterocycles. The van der Waals surface area contributed by atoms with Crippen LogP contribution >= 0.6 is 0 Å². The zero-order chi connectivity index (χ0) is 18.7. The first-order chi connectivity index (χ1) is 13.2. The molecule has 1 aromatic carbocycles. The van der Waals surface area contributed by atoms with Crippen LogP contribution in [0.15, 0.2) is 42.6 Å². The molecule has 0 saturated carbocycles. The molecule has 0 aliphatic carbocycles. The molecule has 1 spiro atoms. The van der Waals surface area contributed by atoms with Crippen LogP contribution in [0, 0.1) is 6.92 Å². The summed E-state index contributed by atoms with van der Waals surface area (Å²) in [6.07, 6.45) is 3.34. The number of amides is 1. The predicted molar refractivity (Wildman–Crippen MR) is 103 cm³/mol. The van der Waals surface area contributed by atoms with E-state index in [9.17, 15) is 4.79 Å². The highest BCUT2D eigenvalue weighted by molar-refractivity contribution is 5.94. The number of rotatable bonds is 4. The third kappa shape index (κ3) is 3.96. The molecule has 1 aromatic heterocycles. The number of ether oxygens (including phenoxy) is 2. The monoisotopic (exact) mass is 367 g/mol. The molecule has 2 saturated heterocycles. The second kappa shape index (κ2) is 7.66. The van der Waals surface area contributed by atoms with Gasteiger partial charge in [0.05, 0.1) is 13.2 Å². The third-order valence-corrected chi connectivity index (χ3v) is 5.37. The number of nitrogens with zero attached hydrogens (tertiary/aromatic N) is 2. The number of hydrogen-bond donors (Lipinski definition) is 1. The van der Waals surface area contributed by atoms with Crippen molar-refractivity contribution in [3.8, 4) is 0 Å². The van der Waals surface area contributed by atoms with Gasteiger partial charge in [0.25, 0.3) is 5.91 Å². The number of benzene rings is 1. The first-order valence-electron chi connectivity index (χ1n) is 9.47. The van der Waals surface area contributed by atoms with Gasteiger partial charge in [0.1, 0.15) is 5.82 Å². The molecule has 0 bridgehead atoms. The van der Waals surface area contributed by atoms with Crippen LogP contribution in [0.1, 0.15) is 34.3 Å². The molecule has 2 aromatic rings. The quantitative estimate of drug-likeness (QED) is 0.900. The maximum absolute atomic E-state index is 12.6. The van der Waals surface area contributed by atoms with Gasteiger partial charge in [-0.05, 0) is 30.2 Å². The summed E-state index contributed by atoms with van der Waals surface area (Å²) in [6, 6.07) is 11.7. The van der Waals surface area contributed by atoms with E-state index in [2.05, 4.69) is 15.2 Å². The number of aromatic nitrogens is 1. The average molecular weight is 367 g/mol. The molecule has 2 aliphatic heterocycles. The Bertz CT molecular complexity index is 808. The molecule has 0 atom stereocenters. The van der Waals surface area contributed by atoms with Crippen molar-refractivity contribution in [1.29, 1.82) is 0 Å². The first kappa shape index (κ1) is 17.9. The van der Waals surface area contributed by atoms with Crippen LogP contribution < -0.4 is 10.2 Å². The Labute approximate surface area is 159 Å². The Balaban J connectivity index is 1.39. The highest BCUT2D eigenvalue weighted by Crippen LogP contribution is 2.32. The minimum Gasteiger partial charge on any atom is -0.356 e. The SMILES string of the molecule is Cc1ccccc1CNC(=O)c1ccnc(N2CCC3(CC2)OCCO3)c1. The molecular weight excluding hydrogens is 342 g/mol. The van der Waals surface area contributed by atoms with Crippen molar-refractivity contribution in [3.63, 3.8) is 0 Å². The maximum Gasteiger partial charge on any atom is 0.251 e. The van der Waals surface area contributed by atoms with Gasteiger partial charge in [-0.15, -0.1) is 0 Å². The number of pyridine rings is 1. The number of carbonyl (C=O) groups is 1. The van der Waals surface area contributed by atoms with E-state index in [1.807, 2.05) is 37.3 Å². The summed E-state index contributed by atoms with van der Waals surface area (Å²) in [6.45, 7) is 5.53. The summed E-state index contributed by atoms with van der Waals surface area (Å²) in [5.41, 5.74) is 2.92. The molecule has 0 radical (unpaired) electrons. The number of piperidine rings is 1. The fraction of sp³-hybridized carbons (Fsp3) is 0.429. The highest BCUT2D eigenvalue weighted by atomic mass is 16.7. The van der Waals surface area contributed by atoms with Crippen LogP contribution in [0.5, 0.6) is 0 Å². The van der Waals surface area contributed by atoms with Crippen LogP contribution in [0.3, 0.4) is 0 Å². The van der Waals surface area contributed by atoms with Crippen LogP contribution in [0.2, 0.25) is 0 Å². The van der Waals surface area contributed by atoms with Crippen LogP contribution in [0.4, 0.5) is 5.82 Å². The van der Waals surface area contributed by atoms with E-state index in [0.717, 1.165) is 37.3 Å². The number of aryl methyl sites for hydroxylation is 1. The van der Waals surface area contributed by atoms with E-state index in [4.69, 9.17) is 9.47 Å². The second-order valence-electron chi connectivity index (χ2n) is 7.11. The summed E-state index contributed by atoms with van der Waals surface area (Å²) < 4.78 is 11.6. The Morgan fingerprint density at radius 3 is 2.67 bits per heavy atom. The summed E-state index contributed by atoms with van der Waals surface area (Å²) in [4.78, 5) is 19.2. The van der Waals surface area contributed by atoms with Gasteiger partial charge in [-0.1, -0.05) is 24.3 Å². The molecule has 2 aliphatic rings. The lowest BCUT2D eigenvalue weighted by atomic mass is 10.0. The van der Waals surface area contributed by atoms with Crippen molar-refractivity contribution in [3.05, 3.63) is 59.3 Å². The normalized spacial score (nSPS) is 18.6. The van der Waals surface area contributed by atoms with Gasteiger partial charge in [-0.2, -0.15) is 0 Å². The molecule has 2 fully saturated rings. The van der Waals surface area contributed by atoms with Crippen molar-refractivity contribution in [1.82, 2.24) is 10.3 Å². The van der Waals surface area contributed by atoms with Gasteiger partial charge in [0, 0.05) is 44.2 Å². The maximum atomic E-state index is 12.6. The number of hydrogen-bond acceptors (Lipinski definition) is 5. The molecule has 0 unspecified atom stereocenters. The second-order valence-corrected chi connectivity index (χ2v) is 7.11. The molecule has 4 rings (SSSR count). The van der Waals surface area contributed by atoms with E-state index in [-0.39, 0.29) is 5.91 Å². The minimum atomic E-state index is -0.404. The van der Waals surface area contributed by atoms with Gasteiger partial charge in [-0.25, -0.2) is 4.98 Å². The zero-order valence-corrected chi connectivity index (χ0v) is 15.6.